The number of benzene rings is 1. The largest absolute Gasteiger partial charge is 0.497 e. The van der Waals surface area contributed by atoms with Crippen LogP contribution in [-0.2, 0) is 11.3 Å². The summed E-state index contributed by atoms with van der Waals surface area (Å²) in [5.74, 6) is 7.68. The van der Waals surface area contributed by atoms with Crippen molar-refractivity contribution in [2.75, 3.05) is 24.0 Å². The van der Waals surface area contributed by atoms with Crippen LogP contribution in [0.25, 0.3) is 0 Å². The second kappa shape index (κ2) is 7.43. The van der Waals surface area contributed by atoms with Crippen LogP contribution in [0.1, 0.15) is 18.7 Å². The highest BCUT2D eigenvalue weighted by Gasteiger charge is 2.23. The molecule has 1 saturated carbocycles. The van der Waals surface area contributed by atoms with E-state index in [1.807, 2.05) is 24.3 Å². The van der Waals surface area contributed by atoms with Gasteiger partial charge in [0.05, 0.1) is 19.4 Å². The lowest BCUT2D eigenvalue weighted by molar-refractivity contribution is -0.118. The summed E-state index contributed by atoms with van der Waals surface area (Å²) >= 11 is 1.28. The number of thioether (sulfide) groups is 1. The number of nitrogens with one attached hydrogen (secondary N) is 2. The fourth-order valence-corrected chi connectivity index (χ4v) is 2.73. The molecule has 24 heavy (non-hydrogen) atoms. The Morgan fingerprint density at radius 1 is 1.38 bits per heavy atom. The molecule has 9 heteroatoms. The van der Waals surface area contributed by atoms with E-state index < -0.39 is 0 Å². The molecule has 0 aliphatic heterocycles. The van der Waals surface area contributed by atoms with Crippen molar-refractivity contribution in [3.8, 4) is 5.75 Å². The SMILES string of the molecule is COc1ccc(NCc2nnc(SCC(=O)NC3CC3)n2N)cc1. The summed E-state index contributed by atoms with van der Waals surface area (Å²) in [4.78, 5) is 11.7. The van der Waals surface area contributed by atoms with E-state index in [0.717, 1.165) is 24.3 Å². The Labute approximate surface area is 144 Å². The van der Waals surface area contributed by atoms with E-state index in [2.05, 4.69) is 20.8 Å². The number of methoxy groups -OCH3 is 1. The Bertz CT molecular complexity index is 698. The topological polar surface area (TPSA) is 107 Å². The Balaban J connectivity index is 1.50. The molecule has 1 aliphatic carbocycles. The molecule has 1 amide bonds. The first-order chi connectivity index (χ1) is 11.7. The van der Waals surface area contributed by atoms with Gasteiger partial charge in [-0.3, -0.25) is 4.79 Å². The van der Waals surface area contributed by atoms with E-state index in [4.69, 9.17) is 10.6 Å². The first-order valence-electron chi connectivity index (χ1n) is 7.65. The Hall–Kier alpha value is -2.42. The van der Waals surface area contributed by atoms with Crippen LogP contribution in [-0.4, -0.2) is 39.7 Å². The van der Waals surface area contributed by atoms with Gasteiger partial charge in [0.25, 0.3) is 0 Å². The van der Waals surface area contributed by atoms with Crippen molar-refractivity contribution in [2.45, 2.75) is 30.6 Å². The fraction of sp³-hybridized carbons (Fsp3) is 0.400. The van der Waals surface area contributed by atoms with Crippen molar-refractivity contribution >= 4 is 23.4 Å². The minimum absolute atomic E-state index is 0.00316. The number of aromatic nitrogens is 3. The molecule has 0 saturated heterocycles. The quantitative estimate of drug-likeness (QED) is 0.482. The van der Waals surface area contributed by atoms with E-state index in [1.165, 1.54) is 16.4 Å². The molecule has 1 aromatic heterocycles. The first-order valence-corrected chi connectivity index (χ1v) is 8.63. The molecule has 0 bridgehead atoms. The smallest absolute Gasteiger partial charge is 0.230 e. The highest BCUT2D eigenvalue weighted by atomic mass is 32.2. The zero-order chi connectivity index (χ0) is 16.9. The number of anilines is 1. The van der Waals surface area contributed by atoms with Crippen LogP contribution in [0.15, 0.2) is 29.4 Å². The minimum atomic E-state index is 0.00316. The normalized spacial score (nSPS) is 13.5. The van der Waals surface area contributed by atoms with Gasteiger partial charge in [0, 0.05) is 11.7 Å². The number of ether oxygens (including phenoxy) is 1. The highest BCUT2D eigenvalue weighted by Crippen LogP contribution is 2.20. The Morgan fingerprint density at radius 3 is 2.79 bits per heavy atom. The average Bonchev–Trinajstić information content (AvgIpc) is 3.34. The van der Waals surface area contributed by atoms with E-state index in [-0.39, 0.29) is 11.7 Å². The van der Waals surface area contributed by atoms with Gasteiger partial charge in [-0.25, -0.2) is 4.68 Å². The zero-order valence-electron chi connectivity index (χ0n) is 13.4. The molecule has 0 unspecified atom stereocenters. The molecule has 1 fully saturated rings. The average molecular weight is 348 g/mol. The predicted octanol–water partition coefficient (Wildman–Crippen LogP) is 0.983. The zero-order valence-corrected chi connectivity index (χ0v) is 14.2. The molecule has 1 aliphatic rings. The maximum atomic E-state index is 11.7. The monoisotopic (exact) mass is 348 g/mol. The number of nitrogens with zero attached hydrogens (tertiary/aromatic N) is 3. The second-order valence-electron chi connectivity index (χ2n) is 5.48. The molecular formula is C15H20N6O2S. The van der Waals surface area contributed by atoms with Crippen LogP contribution in [0.5, 0.6) is 5.75 Å². The number of nitrogens with two attached hydrogens (primary N) is 1. The van der Waals surface area contributed by atoms with Gasteiger partial charge in [0.15, 0.2) is 5.82 Å². The van der Waals surface area contributed by atoms with E-state index in [9.17, 15) is 4.79 Å². The lowest BCUT2D eigenvalue weighted by Gasteiger charge is -2.07. The van der Waals surface area contributed by atoms with Gasteiger partial charge in [-0.05, 0) is 37.1 Å². The number of carbonyl (C=O) groups excluding carboxylic acids is 1. The standard InChI is InChI=1S/C15H20N6O2S/c1-23-12-6-4-10(5-7-12)17-8-13-19-20-15(21(13)16)24-9-14(22)18-11-2-3-11/h4-7,11,17H,2-3,8-9,16H2,1H3,(H,18,22). The maximum Gasteiger partial charge on any atom is 0.230 e. The summed E-state index contributed by atoms with van der Waals surface area (Å²) in [6.45, 7) is 0.435. The third-order valence-corrected chi connectivity index (χ3v) is 4.49. The molecule has 3 rings (SSSR count). The Kier molecular flexibility index (Phi) is 5.09. The van der Waals surface area contributed by atoms with Gasteiger partial charge in [0.1, 0.15) is 5.75 Å². The van der Waals surface area contributed by atoms with Crippen molar-refractivity contribution in [2.24, 2.45) is 0 Å². The van der Waals surface area contributed by atoms with Crippen molar-refractivity contribution in [1.29, 1.82) is 0 Å². The second-order valence-corrected chi connectivity index (χ2v) is 6.42. The van der Waals surface area contributed by atoms with Crippen molar-refractivity contribution in [1.82, 2.24) is 20.2 Å². The van der Waals surface area contributed by atoms with Crippen LogP contribution < -0.4 is 21.2 Å². The van der Waals surface area contributed by atoms with E-state index >= 15 is 0 Å². The molecular weight excluding hydrogens is 328 g/mol. The molecule has 4 N–H and O–H groups in total. The van der Waals surface area contributed by atoms with Crippen LogP contribution in [0.2, 0.25) is 0 Å². The first kappa shape index (κ1) is 16.4. The minimum Gasteiger partial charge on any atom is -0.497 e. The van der Waals surface area contributed by atoms with Gasteiger partial charge < -0.3 is 21.2 Å². The van der Waals surface area contributed by atoms with Gasteiger partial charge >= 0.3 is 0 Å². The van der Waals surface area contributed by atoms with Crippen molar-refractivity contribution in [3.05, 3.63) is 30.1 Å². The molecule has 0 radical (unpaired) electrons. The van der Waals surface area contributed by atoms with Crippen molar-refractivity contribution in [3.63, 3.8) is 0 Å². The van der Waals surface area contributed by atoms with Gasteiger partial charge in [-0.2, -0.15) is 0 Å². The summed E-state index contributed by atoms with van der Waals surface area (Å²) in [6, 6.07) is 7.92. The molecule has 1 aromatic carbocycles. The lowest BCUT2D eigenvalue weighted by atomic mass is 10.3. The summed E-state index contributed by atoms with van der Waals surface area (Å²) in [5.41, 5.74) is 0.928. The van der Waals surface area contributed by atoms with Crippen molar-refractivity contribution < 1.29 is 9.53 Å². The lowest BCUT2D eigenvalue weighted by Crippen LogP contribution is -2.27. The highest BCUT2D eigenvalue weighted by molar-refractivity contribution is 7.99. The van der Waals surface area contributed by atoms with Gasteiger partial charge in [-0.15, -0.1) is 10.2 Å². The molecule has 0 spiro atoms. The van der Waals surface area contributed by atoms with Crippen LogP contribution in [0, 0.1) is 0 Å². The number of carbonyl (C=O) groups is 1. The molecule has 0 atom stereocenters. The van der Waals surface area contributed by atoms with Crippen LogP contribution in [0.4, 0.5) is 5.69 Å². The number of amides is 1. The molecule has 128 valence electrons. The summed E-state index contributed by atoms with van der Waals surface area (Å²) in [7, 11) is 1.63. The molecule has 1 heterocycles. The summed E-state index contributed by atoms with van der Waals surface area (Å²) < 4.78 is 6.53. The van der Waals surface area contributed by atoms with Gasteiger partial charge in [0.2, 0.25) is 11.1 Å². The summed E-state index contributed by atoms with van der Waals surface area (Å²) in [5, 5.41) is 14.8. The number of hydrogen-bond acceptors (Lipinski definition) is 7. The Morgan fingerprint density at radius 2 is 2.12 bits per heavy atom. The third-order valence-electron chi connectivity index (χ3n) is 3.55. The van der Waals surface area contributed by atoms with Crippen LogP contribution in [0.3, 0.4) is 0 Å². The third kappa shape index (κ3) is 4.31. The maximum absolute atomic E-state index is 11.7. The fourth-order valence-electron chi connectivity index (χ4n) is 2.04. The number of hydrogen-bond donors (Lipinski definition) is 3. The molecule has 2 aromatic rings. The van der Waals surface area contributed by atoms with E-state index in [1.54, 1.807) is 7.11 Å². The van der Waals surface area contributed by atoms with Gasteiger partial charge in [-0.1, -0.05) is 11.8 Å². The molecule has 8 nitrogen and oxygen atoms in total. The number of nitrogen functional groups attached to an aromatic ring is 1. The summed E-state index contributed by atoms with van der Waals surface area (Å²) in [6.07, 6.45) is 2.15. The number of rotatable bonds is 8. The predicted molar refractivity (Wildman–Crippen MR) is 92.4 cm³/mol. The van der Waals surface area contributed by atoms with E-state index in [0.29, 0.717) is 23.6 Å². The van der Waals surface area contributed by atoms with Crippen LogP contribution >= 0.6 is 11.8 Å².